The predicted molar refractivity (Wildman–Crippen MR) is 61.3 cm³/mol. The zero-order valence-corrected chi connectivity index (χ0v) is 9.83. The highest BCUT2D eigenvalue weighted by molar-refractivity contribution is 5.68. The quantitative estimate of drug-likeness (QED) is 0.434. The Bertz CT molecular complexity index is 229. The molecule has 1 heterocycles. The van der Waals surface area contributed by atoms with Crippen LogP contribution in [0.4, 0.5) is 0 Å². The number of carboxylic acid groups (broad SMARTS) is 1. The second kappa shape index (κ2) is 6.18. The standard InChI is InChI=1S/C11H22N2O3/c1-9(6-14)3-2-4-13-11(5-10(15)16)7-12-8-11/h9,12-14H,2-8H2,1H3,(H,15,16). The fourth-order valence-electron chi connectivity index (χ4n) is 1.92. The third-order valence-electron chi connectivity index (χ3n) is 3.10. The normalized spacial score (nSPS) is 20.1. The summed E-state index contributed by atoms with van der Waals surface area (Å²) in [6, 6.07) is 0. The van der Waals surface area contributed by atoms with Crippen molar-refractivity contribution in [3.05, 3.63) is 0 Å². The van der Waals surface area contributed by atoms with Gasteiger partial charge in [0.1, 0.15) is 0 Å². The van der Waals surface area contributed by atoms with E-state index in [0.717, 1.165) is 32.5 Å². The van der Waals surface area contributed by atoms with Gasteiger partial charge in [-0.3, -0.25) is 4.79 Å². The number of nitrogens with one attached hydrogen (secondary N) is 2. The number of hydrogen-bond acceptors (Lipinski definition) is 4. The van der Waals surface area contributed by atoms with Crippen LogP contribution in [0.1, 0.15) is 26.2 Å². The fraction of sp³-hybridized carbons (Fsp3) is 0.909. The lowest BCUT2D eigenvalue weighted by Gasteiger charge is -2.42. The summed E-state index contributed by atoms with van der Waals surface area (Å²) in [5.74, 6) is -0.422. The van der Waals surface area contributed by atoms with Crippen LogP contribution in [0.2, 0.25) is 0 Å². The van der Waals surface area contributed by atoms with Gasteiger partial charge in [-0.05, 0) is 25.3 Å². The molecule has 5 nitrogen and oxygen atoms in total. The van der Waals surface area contributed by atoms with Crippen LogP contribution < -0.4 is 10.6 Å². The van der Waals surface area contributed by atoms with Crippen LogP contribution in [-0.2, 0) is 4.79 Å². The van der Waals surface area contributed by atoms with Crippen molar-refractivity contribution in [2.75, 3.05) is 26.2 Å². The number of carbonyl (C=O) groups is 1. The molecule has 1 aliphatic heterocycles. The Morgan fingerprint density at radius 2 is 2.25 bits per heavy atom. The molecule has 0 radical (unpaired) electrons. The van der Waals surface area contributed by atoms with Gasteiger partial charge >= 0.3 is 5.97 Å². The van der Waals surface area contributed by atoms with E-state index >= 15 is 0 Å². The Morgan fingerprint density at radius 1 is 1.56 bits per heavy atom. The number of hydrogen-bond donors (Lipinski definition) is 4. The van der Waals surface area contributed by atoms with Crippen LogP contribution in [0.5, 0.6) is 0 Å². The summed E-state index contributed by atoms with van der Waals surface area (Å²) < 4.78 is 0. The molecule has 5 heteroatoms. The second-order valence-corrected chi connectivity index (χ2v) is 4.81. The van der Waals surface area contributed by atoms with Crippen LogP contribution >= 0.6 is 0 Å². The van der Waals surface area contributed by atoms with Gasteiger partial charge in [-0.15, -0.1) is 0 Å². The van der Waals surface area contributed by atoms with Gasteiger partial charge in [0.2, 0.25) is 0 Å². The molecule has 0 amide bonds. The highest BCUT2D eigenvalue weighted by Gasteiger charge is 2.38. The van der Waals surface area contributed by atoms with Crippen molar-refractivity contribution in [3.8, 4) is 0 Å². The molecule has 16 heavy (non-hydrogen) atoms. The van der Waals surface area contributed by atoms with Crippen molar-refractivity contribution in [2.45, 2.75) is 31.7 Å². The summed E-state index contributed by atoms with van der Waals surface area (Å²) in [7, 11) is 0. The molecule has 4 N–H and O–H groups in total. The molecule has 1 atom stereocenters. The Labute approximate surface area is 96.2 Å². The maximum absolute atomic E-state index is 10.7. The molecule has 0 bridgehead atoms. The smallest absolute Gasteiger partial charge is 0.305 e. The Morgan fingerprint density at radius 3 is 2.69 bits per heavy atom. The summed E-state index contributed by atoms with van der Waals surface area (Å²) >= 11 is 0. The lowest BCUT2D eigenvalue weighted by Crippen LogP contribution is -2.68. The average Bonchev–Trinajstić information content (AvgIpc) is 2.19. The Kier molecular flexibility index (Phi) is 5.18. The van der Waals surface area contributed by atoms with Gasteiger partial charge in [0.05, 0.1) is 12.0 Å². The minimum absolute atomic E-state index is 0.176. The van der Waals surface area contributed by atoms with Crippen LogP contribution in [-0.4, -0.2) is 48.0 Å². The molecule has 1 rings (SSSR count). The molecule has 0 saturated carbocycles. The van der Waals surface area contributed by atoms with Gasteiger partial charge in [-0.25, -0.2) is 0 Å². The van der Waals surface area contributed by atoms with Gasteiger partial charge < -0.3 is 20.8 Å². The molecule has 0 aliphatic carbocycles. The van der Waals surface area contributed by atoms with Crippen molar-refractivity contribution in [3.63, 3.8) is 0 Å². The van der Waals surface area contributed by atoms with Crippen molar-refractivity contribution in [1.82, 2.24) is 10.6 Å². The Balaban J connectivity index is 2.17. The van der Waals surface area contributed by atoms with Crippen LogP contribution in [0.3, 0.4) is 0 Å². The Hall–Kier alpha value is -0.650. The maximum Gasteiger partial charge on any atom is 0.305 e. The van der Waals surface area contributed by atoms with E-state index in [1.165, 1.54) is 0 Å². The lowest BCUT2D eigenvalue weighted by molar-refractivity contribution is -0.139. The number of aliphatic carboxylic acids is 1. The van der Waals surface area contributed by atoms with E-state index in [-0.39, 0.29) is 18.6 Å². The number of aliphatic hydroxyl groups excluding tert-OH is 1. The van der Waals surface area contributed by atoms with Gasteiger partial charge in [-0.2, -0.15) is 0 Å². The zero-order chi connectivity index (χ0) is 12.0. The number of rotatable bonds is 8. The molecule has 0 aromatic carbocycles. The third-order valence-corrected chi connectivity index (χ3v) is 3.10. The van der Waals surface area contributed by atoms with E-state index in [1.807, 2.05) is 6.92 Å². The first-order valence-corrected chi connectivity index (χ1v) is 5.86. The average molecular weight is 230 g/mol. The molecule has 1 fully saturated rings. The second-order valence-electron chi connectivity index (χ2n) is 4.81. The van der Waals surface area contributed by atoms with Crippen LogP contribution in [0.15, 0.2) is 0 Å². The molecule has 0 aromatic rings. The largest absolute Gasteiger partial charge is 0.481 e. The molecular formula is C11H22N2O3. The van der Waals surface area contributed by atoms with Gasteiger partial charge in [0.25, 0.3) is 0 Å². The molecule has 1 saturated heterocycles. The SMILES string of the molecule is CC(CO)CCCNC1(CC(=O)O)CNC1. The highest BCUT2D eigenvalue weighted by Crippen LogP contribution is 2.16. The summed E-state index contributed by atoms with van der Waals surface area (Å²) in [5.41, 5.74) is -0.242. The summed E-state index contributed by atoms with van der Waals surface area (Å²) in [6.07, 6.45) is 2.12. The van der Waals surface area contributed by atoms with Crippen molar-refractivity contribution in [1.29, 1.82) is 0 Å². The van der Waals surface area contributed by atoms with Crippen LogP contribution in [0, 0.1) is 5.92 Å². The molecule has 0 spiro atoms. The summed E-state index contributed by atoms with van der Waals surface area (Å²) in [6.45, 7) is 4.52. The first-order valence-electron chi connectivity index (χ1n) is 5.86. The van der Waals surface area contributed by atoms with E-state index in [0.29, 0.717) is 5.92 Å². The third kappa shape index (κ3) is 4.08. The van der Waals surface area contributed by atoms with Crippen LogP contribution in [0.25, 0.3) is 0 Å². The van der Waals surface area contributed by atoms with E-state index in [4.69, 9.17) is 10.2 Å². The highest BCUT2D eigenvalue weighted by atomic mass is 16.4. The molecular weight excluding hydrogens is 208 g/mol. The van der Waals surface area contributed by atoms with E-state index in [1.54, 1.807) is 0 Å². The fourth-order valence-corrected chi connectivity index (χ4v) is 1.92. The molecule has 0 aromatic heterocycles. The number of carboxylic acids is 1. The van der Waals surface area contributed by atoms with Gasteiger partial charge in [-0.1, -0.05) is 6.92 Å². The molecule has 94 valence electrons. The lowest BCUT2D eigenvalue weighted by atomic mass is 9.88. The first kappa shape index (κ1) is 13.4. The van der Waals surface area contributed by atoms with Crippen molar-refractivity contribution < 1.29 is 15.0 Å². The first-order chi connectivity index (χ1) is 7.58. The summed E-state index contributed by atoms with van der Waals surface area (Å²) in [5, 5.41) is 24.1. The minimum atomic E-state index is -0.752. The van der Waals surface area contributed by atoms with E-state index in [9.17, 15) is 4.79 Å². The molecule has 1 unspecified atom stereocenters. The van der Waals surface area contributed by atoms with E-state index < -0.39 is 5.97 Å². The zero-order valence-electron chi connectivity index (χ0n) is 9.83. The monoisotopic (exact) mass is 230 g/mol. The van der Waals surface area contributed by atoms with Crippen molar-refractivity contribution in [2.24, 2.45) is 5.92 Å². The maximum atomic E-state index is 10.7. The number of aliphatic hydroxyl groups is 1. The van der Waals surface area contributed by atoms with E-state index in [2.05, 4.69) is 10.6 Å². The van der Waals surface area contributed by atoms with Gasteiger partial charge in [0.15, 0.2) is 0 Å². The molecule has 1 aliphatic rings. The van der Waals surface area contributed by atoms with Crippen molar-refractivity contribution >= 4 is 5.97 Å². The predicted octanol–water partition coefficient (Wildman–Crippen LogP) is -0.199. The topological polar surface area (TPSA) is 81.6 Å². The van der Waals surface area contributed by atoms with Gasteiger partial charge in [0, 0.05) is 19.7 Å². The minimum Gasteiger partial charge on any atom is -0.481 e. The summed E-state index contributed by atoms with van der Waals surface area (Å²) in [4.78, 5) is 10.7.